The average molecular weight is 388 g/mol. The maximum Gasteiger partial charge on any atom is 0.225 e. The van der Waals surface area contributed by atoms with Gasteiger partial charge in [-0.3, -0.25) is 0 Å². The second-order valence-corrected chi connectivity index (χ2v) is 7.44. The highest BCUT2D eigenvalue weighted by Crippen LogP contribution is 2.34. The molecule has 2 aromatic carbocycles. The van der Waals surface area contributed by atoms with Gasteiger partial charge in [-0.15, -0.1) is 0 Å². The normalized spacial score (nSPS) is 15.9. The van der Waals surface area contributed by atoms with Crippen molar-refractivity contribution in [1.29, 1.82) is 0 Å². The fraction of sp³-hybridized carbons (Fsp3) is 0.304. The Bertz CT molecular complexity index is 987. The quantitative estimate of drug-likeness (QED) is 0.640. The molecule has 1 aliphatic carbocycles. The number of hydrogen-bond acceptors (Lipinski definition) is 6. The van der Waals surface area contributed by atoms with Crippen LogP contribution >= 0.6 is 0 Å². The van der Waals surface area contributed by atoms with Gasteiger partial charge in [0.15, 0.2) is 11.5 Å². The first-order valence-corrected chi connectivity index (χ1v) is 10.2. The van der Waals surface area contributed by atoms with E-state index in [2.05, 4.69) is 22.8 Å². The van der Waals surface area contributed by atoms with Crippen LogP contribution in [0.15, 0.2) is 54.6 Å². The third-order valence-electron chi connectivity index (χ3n) is 5.30. The first kappa shape index (κ1) is 17.8. The summed E-state index contributed by atoms with van der Waals surface area (Å²) in [6.45, 7) is 1.15. The van der Waals surface area contributed by atoms with Crippen molar-refractivity contribution in [2.45, 2.75) is 31.7 Å². The molecule has 2 aliphatic rings. The molecule has 2 N–H and O–H groups in total. The number of benzene rings is 2. The summed E-state index contributed by atoms with van der Waals surface area (Å²) < 4.78 is 11.3. The Labute approximate surface area is 170 Å². The van der Waals surface area contributed by atoms with Crippen LogP contribution in [0.5, 0.6) is 11.5 Å². The van der Waals surface area contributed by atoms with Gasteiger partial charge in [0, 0.05) is 29.4 Å². The minimum absolute atomic E-state index is 0.447. The summed E-state index contributed by atoms with van der Waals surface area (Å²) in [5.74, 6) is 2.94. The predicted octanol–water partition coefficient (Wildman–Crippen LogP) is 5.01. The molecule has 0 amide bonds. The summed E-state index contributed by atoms with van der Waals surface area (Å²) in [4.78, 5) is 9.50. The standard InChI is InChI=1S/C23H24N4O2/c1-2-6-16(7-3-1)19-15-22(27-23(26-19)25-17-8-4-5-9-17)24-18-10-11-20-21(14-18)29-13-12-28-20/h1-3,6-7,10-11,14-15,17H,4-5,8-9,12-13H2,(H2,24,25,26,27). The van der Waals surface area contributed by atoms with Gasteiger partial charge in [0.1, 0.15) is 19.0 Å². The second-order valence-electron chi connectivity index (χ2n) is 7.44. The Morgan fingerprint density at radius 1 is 0.828 bits per heavy atom. The molecule has 3 aromatic rings. The van der Waals surface area contributed by atoms with Gasteiger partial charge in [0.2, 0.25) is 5.95 Å². The van der Waals surface area contributed by atoms with Crippen LogP contribution in [0.3, 0.4) is 0 Å². The first-order valence-electron chi connectivity index (χ1n) is 10.2. The minimum atomic E-state index is 0.447. The van der Waals surface area contributed by atoms with Gasteiger partial charge in [-0.2, -0.15) is 4.98 Å². The second kappa shape index (κ2) is 7.99. The van der Waals surface area contributed by atoms with E-state index in [1.54, 1.807) is 0 Å². The van der Waals surface area contributed by atoms with Crippen LogP contribution in [0.4, 0.5) is 17.5 Å². The van der Waals surface area contributed by atoms with Gasteiger partial charge in [-0.25, -0.2) is 4.98 Å². The van der Waals surface area contributed by atoms with Crippen molar-refractivity contribution in [2.75, 3.05) is 23.8 Å². The van der Waals surface area contributed by atoms with Crippen LogP contribution in [0.2, 0.25) is 0 Å². The topological polar surface area (TPSA) is 68.3 Å². The zero-order valence-electron chi connectivity index (χ0n) is 16.2. The van der Waals surface area contributed by atoms with E-state index in [0.717, 1.165) is 34.3 Å². The highest BCUT2D eigenvalue weighted by Gasteiger charge is 2.17. The molecule has 0 unspecified atom stereocenters. The van der Waals surface area contributed by atoms with Crippen LogP contribution in [0.1, 0.15) is 25.7 Å². The monoisotopic (exact) mass is 388 g/mol. The molecule has 2 heterocycles. The zero-order valence-corrected chi connectivity index (χ0v) is 16.2. The zero-order chi connectivity index (χ0) is 19.5. The van der Waals surface area contributed by atoms with Crippen molar-refractivity contribution in [3.05, 3.63) is 54.6 Å². The largest absolute Gasteiger partial charge is 0.486 e. The van der Waals surface area contributed by atoms with Crippen molar-refractivity contribution in [2.24, 2.45) is 0 Å². The van der Waals surface area contributed by atoms with Gasteiger partial charge in [-0.05, 0) is 25.0 Å². The van der Waals surface area contributed by atoms with E-state index in [9.17, 15) is 0 Å². The lowest BCUT2D eigenvalue weighted by molar-refractivity contribution is 0.171. The fourth-order valence-corrected chi connectivity index (χ4v) is 3.85. The Morgan fingerprint density at radius 3 is 2.45 bits per heavy atom. The molecule has 148 valence electrons. The average Bonchev–Trinajstić information content (AvgIpc) is 3.27. The van der Waals surface area contributed by atoms with Gasteiger partial charge >= 0.3 is 0 Å². The molecule has 0 radical (unpaired) electrons. The van der Waals surface area contributed by atoms with Gasteiger partial charge in [0.05, 0.1) is 5.69 Å². The molecular formula is C23H24N4O2. The molecule has 1 saturated carbocycles. The molecule has 0 atom stereocenters. The third kappa shape index (κ3) is 4.11. The lowest BCUT2D eigenvalue weighted by Crippen LogP contribution is -2.17. The van der Waals surface area contributed by atoms with Gasteiger partial charge < -0.3 is 20.1 Å². The summed E-state index contributed by atoms with van der Waals surface area (Å²) in [7, 11) is 0. The minimum Gasteiger partial charge on any atom is -0.486 e. The van der Waals surface area contributed by atoms with E-state index in [0.29, 0.717) is 25.2 Å². The van der Waals surface area contributed by atoms with E-state index in [4.69, 9.17) is 19.4 Å². The number of nitrogens with one attached hydrogen (secondary N) is 2. The maximum absolute atomic E-state index is 5.70. The molecule has 29 heavy (non-hydrogen) atoms. The van der Waals surface area contributed by atoms with Crippen LogP contribution in [-0.2, 0) is 0 Å². The van der Waals surface area contributed by atoms with Crippen molar-refractivity contribution >= 4 is 17.5 Å². The van der Waals surface area contributed by atoms with Gasteiger partial charge in [-0.1, -0.05) is 43.2 Å². The molecule has 6 heteroatoms. The summed E-state index contributed by atoms with van der Waals surface area (Å²) in [5.41, 5.74) is 2.86. The van der Waals surface area contributed by atoms with Crippen molar-refractivity contribution in [3.8, 4) is 22.8 Å². The van der Waals surface area contributed by atoms with Crippen LogP contribution in [-0.4, -0.2) is 29.2 Å². The van der Waals surface area contributed by atoms with E-state index in [-0.39, 0.29) is 0 Å². The third-order valence-corrected chi connectivity index (χ3v) is 5.30. The number of anilines is 3. The lowest BCUT2D eigenvalue weighted by Gasteiger charge is -2.19. The molecule has 0 saturated heterocycles. The smallest absolute Gasteiger partial charge is 0.225 e. The van der Waals surface area contributed by atoms with Crippen molar-refractivity contribution in [3.63, 3.8) is 0 Å². The molecule has 0 spiro atoms. The number of rotatable bonds is 5. The molecule has 6 nitrogen and oxygen atoms in total. The van der Waals surface area contributed by atoms with E-state index < -0.39 is 0 Å². The van der Waals surface area contributed by atoms with Crippen molar-refractivity contribution < 1.29 is 9.47 Å². The molecular weight excluding hydrogens is 364 g/mol. The number of nitrogens with zero attached hydrogens (tertiary/aromatic N) is 2. The Morgan fingerprint density at radius 2 is 1.62 bits per heavy atom. The van der Waals surface area contributed by atoms with E-state index in [1.165, 1.54) is 25.7 Å². The molecule has 0 bridgehead atoms. The Hall–Kier alpha value is -3.28. The number of ether oxygens (including phenoxy) is 2. The van der Waals surface area contributed by atoms with E-state index in [1.807, 2.05) is 42.5 Å². The van der Waals surface area contributed by atoms with Gasteiger partial charge in [0.25, 0.3) is 0 Å². The molecule has 5 rings (SSSR count). The highest BCUT2D eigenvalue weighted by atomic mass is 16.6. The van der Waals surface area contributed by atoms with Crippen molar-refractivity contribution in [1.82, 2.24) is 9.97 Å². The number of fused-ring (bicyclic) bond motifs is 1. The van der Waals surface area contributed by atoms with Crippen LogP contribution in [0.25, 0.3) is 11.3 Å². The summed E-state index contributed by atoms with van der Waals surface area (Å²) in [5, 5.41) is 6.92. The highest BCUT2D eigenvalue weighted by molar-refractivity contribution is 5.68. The Kier molecular flexibility index (Phi) is 4.90. The van der Waals surface area contributed by atoms with E-state index >= 15 is 0 Å². The summed E-state index contributed by atoms with van der Waals surface area (Å²) in [6.07, 6.45) is 4.87. The molecule has 1 fully saturated rings. The predicted molar refractivity (Wildman–Crippen MR) is 114 cm³/mol. The summed E-state index contributed by atoms with van der Waals surface area (Å²) >= 11 is 0. The summed E-state index contributed by atoms with van der Waals surface area (Å²) in [6, 6.07) is 18.5. The molecule has 1 aromatic heterocycles. The lowest BCUT2D eigenvalue weighted by atomic mass is 10.1. The number of hydrogen-bond donors (Lipinski definition) is 2. The maximum atomic E-state index is 5.70. The Balaban J connectivity index is 1.46. The SMILES string of the molecule is c1ccc(-c2cc(Nc3ccc4c(c3)OCCO4)nc(NC3CCCC3)n2)cc1. The van der Waals surface area contributed by atoms with Crippen LogP contribution < -0.4 is 20.1 Å². The van der Waals surface area contributed by atoms with Crippen LogP contribution in [0, 0.1) is 0 Å². The molecule has 1 aliphatic heterocycles. The fourth-order valence-electron chi connectivity index (χ4n) is 3.85. The number of aromatic nitrogens is 2. The first-order chi connectivity index (χ1) is 14.3.